The van der Waals surface area contributed by atoms with Gasteiger partial charge in [-0.3, -0.25) is 0 Å². The van der Waals surface area contributed by atoms with Crippen molar-refractivity contribution >= 4 is 11.3 Å². The summed E-state index contributed by atoms with van der Waals surface area (Å²) in [5, 5.41) is 13.7. The standard InChI is InChI=1S/C14H19N3OS/c1-2-15-10-6-9-13-16-17-14(19-13)11-18-12-7-4-3-5-8-12/h3-5,7-8,15H,2,6,9-11H2,1H3. The van der Waals surface area contributed by atoms with Gasteiger partial charge in [0.15, 0.2) is 5.01 Å². The first kappa shape index (κ1) is 14.0. The molecule has 5 heteroatoms. The van der Waals surface area contributed by atoms with E-state index in [4.69, 9.17) is 4.74 Å². The van der Waals surface area contributed by atoms with Crippen molar-refractivity contribution in [2.75, 3.05) is 13.1 Å². The zero-order chi connectivity index (χ0) is 13.3. The Morgan fingerprint density at radius 2 is 1.95 bits per heavy atom. The van der Waals surface area contributed by atoms with Gasteiger partial charge in [0.05, 0.1) is 0 Å². The Morgan fingerprint density at radius 1 is 1.16 bits per heavy atom. The van der Waals surface area contributed by atoms with Crippen LogP contribution in [0.25, 0.3) is 0 Å². The summed E-state index contributed by atoms with van der Waals surface area (Å²) < 4.78 is 5.64. The highest BCUT2D eigenvalue weighted by molar-refractivity contribution is 7.11. The molecule has 0 saturated heterocycles. The van der Waals surface area contributed by atoms with Gasteiger partial charge in [-0.1, -0.05) is 36.5 Å². The summed E-state index contributed by atoms with van der Waals surface area (Å²) in [7, 11) is 0. The van der Waals surface area contributed by atoms with E-state index in [0.29, 0.717) is 6.61 Å². The van der Waals surface area contributed by atoms with Gasteiger partial charge in [0.2, 0.25) is 0 Å². The molecule has 0 aliphatic rings. The maximum atomic E-state index is 5.64. The normalized spacial score (nSPS) is 10.6. The van der Waals surface area contributed by atoms with Gasteiger partial charge >= 0.3 is 0 Å². The van der Waals surface area contributed by atoms with Crippen LogP contribution in [-0.2, 0) is 13.0 Å². The van der Waals surface area contributed by atoms with Gasteiger partial charge in [0.25, 0.3) is 0 Å². The van der Waals surface area contributed by atoms with E-state index in [0.717, 1.165) is 41.7 Å². The van der Waals surface area contributed by atoms with Crippen molar-refractivity contribution in [3.05, 3.63) is 40.3 Å². The Hall–Kier alpha value is -1.46. The number of benzene rings is 1. The first-order chi connectivity index (χ1) is 9.38. The molecule has 102 valence electrons. The highest BCUT2D eigenvalue weighted by atomic mass is 32.1. The minimum absolute atomic E-state index is 0.495. The van der Waals surface area contributed by atoms with Crippen LogP contribution < -0.4 is 10.1 Å². The van der Waals surface area contributed by atoms with Crippen LogP contribution in [0.5, 0.6) is 5.75 Å². The van der Waals surface area contributed by atoms with Crippen molar-refractivity contribution in [2.24, 2.45) is 0 Å². The van der Waals surface area contributed by atoms with Gasteiger partial charge in [0.1, 0.15) is 17.4 Å². The molecule has 4 nitrogen and oxygen atoms in total. The van der Waals surface area contributed by atoms with Crippen molar-refractivity contribution in [2.45, 2.75) is 26.4 Å². The van der Waals surface area contributed by atoms with Gasteiger partial charge in [-0.05, 0) is 31.6 Å². The van der Waals surface area contributed by atoms with Gasteiger partial charge < -0.3 is 10.1 Å². The molecule has 0 fully saturated rings. The van der Waals surface area contributed by atoms with E-state index in [1.165, 1.54) is 0 Å². The van der Waals surface area contributed by atoms with Crippen molar-refractivity contribution in [3.63, 3.8) is 0 Å². The summed E-state index contributed by atoms with van der Waals surface area (Å²) in [6.07, 6.45) is 2.08. The van der Waals surface area contributed by atoms with Crippen LogP contribution in [0.4, 0.5) is 0 Å². The topological polar surface area (TPSA) is 47.0 Å². The van der Waals surface area contributed by atoms with Crippen molar-refractivity contribution in [1.82, 2.24) is 15.5 Å². The van der Waals surface area contributed by atoms with Crippen molar-refractivity contribution in [3.8, 4) is 5.75 Å². The maximum Gasteiger partial charge on any atom is 0.155 e. The predicted octanol–water partition coefficient (Wildman–Crippen LogP) is 2.66. The SMILES string of the molecule is CCNCCCc1nnc(COc2ccccc2)s1. The highest BCUT2D eigenvalue weighted by Crippen LogP contribution is 2.15. The van der Waals surface area contributed by atoms with Crippen molar-refractivity contribution in [1.29, 1.82) is 0 Å². The van der Waals surface area contributed by atoms with Crippen LogP contribution in [0.2, 0.25) is 0 Å². The van der Waals surface area contributed by atoms with Crippen LogP contribution in [0.3, 0.4) is 0 Å². The molecule has 0 aliphatic heterocycles. The second-order valence-corrected chi connectivity index (χ2v) is 5.29. The van der Waals surface area contributed by atoms with Gasteiger partial charge in [-0.15, -0.1) is 10.2 Å². The van der Waals surface area contributed by atoms with E-state index >= 15 is 0 Å². The third-order valence-corrected chi connectivity index (χ3v) is 3.56. The first-order valence-corrected chi connectivity index (χ1v) is 7.40. The van der Waals surface area contributed by atoms with Crippen LogP contribution in [0.1, 0.15) is 23.4 Å². The Labute approximate surface area is 117 Å². The summed E-state index contributed by atoms with van der Waals surface area (Å²) >= 11 is 1.64. The van der Waals surface area contributed by atoms with Crippen LogP contribution in [-0.4, -0.2) is 23.3 Å². The van der Waals surface area contributed by atoms with E-state index in [-0.39, 0.29) is 0 Å². The molecule has 1 N–H and O–H groups in total. The Kier molecular flexibility index (Phi) is 5.78. The first-order valence-electron chi connectivity index (χ1n) is 6.58. The molecule has 0 aliphatic carbocycles. The number of nitrogens with one attached hydrogen (secondary N) is 1. The lowest BCUT2D eigenvalue weighted by Gasteiger charge is -2.01. The molecule has 0 spiro atoms. The lowest BCUT2D eigenvalue weighted by atomic mass is 10.3. The Balaban J connectivity index is 1.74. The minimum Gasteiger partial charge on any atom is -0.486 e. The fourth-order valence-electron chi connectivity index (χ4n) is 1.65. The molecule has 1 aromatic carbocycles. The average molecular weight is 277 g/mol. The smallest absolute Gasteiger partial charge is 0.155 e. The molecule has 0 radical (unpaired) electrons. The molecule has 1 aromatic heterocycles. The maximum absolute atomic E-state index is 5.64. The molecule has 0 bridgehead atoms. The third kappa shape index (κ3) is 4.96. The molecular weight excluding hydrogens is 258 g/mol. The van der Waals surface area contributed by atoms with Gasteiger partial charge in [-0.25, -0.2) is 0 Å². The molecule has 19 heavy (non-hydrogen) atoms. The summed E-state index contributed by atoms with van der Waals surface area (Å²) in [5.41, 5.74) is 0. The zero-order valence-electron chi connectivity index (χ0n) is 11.1. The number of aromatic nitrogens is 2. The van der Waals surface area contributed by atoms with E-state index < -0.39 is 0 Å². The number of ether oxygens (including phenoxy) is 1. The molecule has 0 amide bonds. The molecular formula is C14H19N3OS. The van der Waals surface area contributed by atoms with Gasteiger partial charge in [0, 0.05) is 6.42 Å². The summed E-state index contributed by atoms with van der Waals surface area (Å²) in [5.74, 6) is 0.867. The minimum atomic E-state index is 0.495. The fraction of sp³-hybridized carbons (Fsp3) is 0.429. The van der Waals surface area contributed by atoms with Crippen LogP contribution in [0, 0.1) is 0 Å². The van der Waals surface area contributed by atoms with Gasteiger partial charge in [-0.2, -0.15) is 0 Å². The third-order valence-electron chi connectivity index (χ3n) is 2.61. The molecule has 0 atom stereocenters. The number of nitrogens with zero attached hydrogens (tertiary/aromatic N) is 2. The predicted molar refractivity (Wildman–Crippen MR) is 77.5 cm³/mol. The second kappa shape index (κ2) is 7.86. The van der Waals surface area contributed by atoms with E-state index in [2.05, 4.69) is 22.4 Å². The zero-order valence-corrected chi connectivity index (χ0v) is 11.9. The van der Waals surface area contributed by atoms with Crippen LogP contribution >= 0.6 is 11.3 Å². The Morgan fingerprint density at radius 3 is 2.74 bits per heavy atom. The number of hydrogen-bond donors (Lipinski definition) is 1. The van der Waals surface area contributed by atoms with Crippen molar-refractivity contribution < 1.29 is 4.74 Å². The lowest BCUT2D eigenvalue weighted by Crippen LogP contribution is -2.14. The largest absolute Gasteiger partial charge is 0.486 e. The molecule has 1 heterocycles. The quantitative estimate of drug-likeness (QED) is 0.754. The number of aryl methyl sites for hydroxylation is 1. The van der Waals surface area contributed by atoms with E-state index in [1.54, 1.807) is 11.3 Å². The summed E-state index contributed by atoms with van der Waals surface area (Å²) in [6.45, 7) is 4.66. The fourth-order valence-corrected chi connectivity index (χ4v) is 2.45. The number of para-hydroxylation sites is 1. The monoisotopic (exact) mass is 277 g/mol. The number of hydrogen-bond acceptors (Lipinski definition) is 5. The molecule has 2 aromatic rings. The number of rotatable bonds is 8. The summed E-state index contributed by atoms with van der Waals surface area (Å²) in [4.78, 5) is 0. The second-order valence-electron chi connectivity index (χ2n) is 4.15. The highest BCUT2D eigenvalue weighted by Gasteiger charge is 2.04. The molecule has 0 saturated carbocycles. The molecule has 0 unspecified atom stereocenters. The lowest BCUT2D eigenvalue weighted by molar-refractivity contribution is 0.304. The Bertz CT molecular complexity index is 473. The van der Waals surface area contributed by atoms with E-state index in [1.807, 2.05) is 30.3 Å². The average Bonchev–Trinajstić information content (AvgIpc) is 2.91. The molecule has 2 rings (SSSR count). The van der Waals surface area contributed by atoms with E-state index in [9.17, 15) is 0 Å². The summed E-state index contributed by atoms with van der Waals surface area (Å²) in [6, 6.07) is 9.78. The van der Waals surface area contributed by atoms with Crippen LogP contribution in [0.15, 0.2) is 30.3 Å².